The standard InChI is InChI=1S/C30H32ClFN4O3/c1-18(2)14-33-30(39)20-9-10-27(25(12-20)34-28(37)13-22-23(31)5-3-6-24(22)32)35-15-19-11-21(17-35)26-7-4-8-29(38)36(26)16-19/h3-10,12,18-19,21H,11,13-17H2,1-2H3,(H,33,39)(H,34,37). The van der Waals surface area contributed by atoms with E-state index in [-0.39, 0.29) is 40.3 Å². The van der Waals surface area contributed by atoms with E-state index in [0.29, 0.717) is 43.3 Å². The molecule has 2 aliphatic heterocycles. The first kappa shape index (κ1) is 26.9. The fourth-order valence-corrected chi connectivity index (χ4v) is 5.83. The van der Waals surface area contributed by atoms with Gasteiger partial charge in [0.05, 0.1) is 17.8 Å². The molecular formula is C30H32ClFN4O3. The highest BCUT2D eigenvalue weighted by Crippen LogP contribution is 2.39. The van der Waals surface area contributed by atoms with Gasteiger partial charge in [-0.1, -0.05) is 37.6 Å². The highest BCUT2D eigenvalue weighted by molar-refractivity contribution is 6.31. The quantitative estimate of drug-likeness (QED) is 0.441. The van der Waals surface area contributed by atoms with Crippen molar-refractivity contribution in [3.05, 3.63) is 92.6 Å². The lowest BCUT2D eigenvalue weighted by atomic mass is 9.83. The number of halogens is 2. The van der Waals surface area contributed by atoms with E-state index < -0.39 is 11.7 Å². The molecule has 0 aliphatic carbocycles. The van der Waals surface area contributed by atoms with Crippen LogP contribution in [0, 0.1) is 17.7 Å². The molecule has 0 radical (unpaired) electrons. The van der Waals surface area contributed by atoms with Crippen LogP contribution in [0.25, 0.3) is 0 Å². The van der Waals surface area contributed by atoms with Gasteiger partial charge in [0.25, 0.3) is 11.5 Å². The largest absolute Gasteiger partial charge is 0.369 e. The summed E-state index contributed by atoms with van der Waals surface area (Å²) in [6, 6.07) is 15.0. The Balaban J connectivity index is 1.44. The molecule has 204 valence electrons. The molecule has 1 fully saturated rings. The van der Waals surface area contributed by atoms with Gasteiger partial charge in [-0.3, -0.25) is 14.4 Å². The van der Waals surface area contributed by atoms with Crippen molar-refractivity contribution in [2.75, 3.05) is 29.9 Å². The molecule has 9 heteroatoms. The van der Waals surface area contributed by atoms with Gasteiger partial charge in [-0.25, -0.2) is 4.39 Å². The minimum atomic E-state index is -0.544. The number of hydrogen-bond donors (Lipinski definition) is 2. The van der Waals surface area contributed by atoms with Crippen molar-refractivity contribution in [3.63, 3.8) is 0 Å². The van der Waals surface area contributed by atoms with Crippen LogP contribution >= 0.6 is 11.6 Å². The Morgan fingerprint density at radius 3 is 2.64 bits per heavy atom. The van der Waals surface area contributed by atoms with E-state index in [0.717, 1.165) is 17.8 Å². The molecule has 0 spiro atoms. The van der Waals surface area contributed by atoms with Crippen molar-refractivity contribution < 1.29 is 14.0 Å². The number of piperidine rings is 1. The number of benzene rings is 2. The second kappa shape index (κ2) is 11.2. The van der Waals surface area contributed by atoms with Gasteiger partial charge in [-0.2, -0.15) is 0 Å². The minimum absolute atomic E-state index is 0.0205. The third-order valence-corrected chi connectivity index (χ3v) is 7.78. The summed E-state index contributed by atoms with van der Waals surface area (Å²) in [5.41, 5.74) is 2.85. The van der Waals surface area contributed by atoms with Crippen LogP contribution in [0.4, 0.5) is 15.8 Å². The number of aromatic nitrogens is 1. The predicted molar refractivity (Wildman–Crippen MR) is 151 cm³/mol. The summed E-state index contributed by atoms with van der Waals surface area (Å²) in [7, 11) is 0. The average molecular weight is 551 g/mol. The zero-order chi connectivity index (χ0) is 27.7. The number of anilines is 2. The normalized spacial score (nSPS) is 18.0. The van der Waals surface area contributed by atoms with Gasteiger partial charge in [0, 0.05) is 60.0 Å². The van der Waals surface area contributed by atoms with Crippen LogP contribution in [0.2, 0.25) is 5.02 Å². The number of amides is 2. The Kier molecular flexibility index (Phi) is 7.75. The first-order chi connectivity index (χ1) is 18.7. The zero-order valence-corrected chi connectivity index (χ0v) is 22.8. The maximum absolute atomic E-state index is 14.4. The maximum atomic E-state index is 14.4. The molecule has 1 aromatic heterocycles. The van der Waals surface area contributed by atoms with E-state index in [4.69, 9.17) is 11.6 Å². The lowest BCUT2D eigenvalue weighted by Crippen LogP contribution is -2.47. The first-order valence-corrected chi connectivity index (χ1v) is 13.7. The lowest BCUT2D eigenvalue weighted by molar-refractivity contribution is -0.115. The number of fused-ring (bicyclic) bond motifs is 4. The molecule has 3 heterocycles. The van der Waals surface area contributed by atoms with Crippen molar-refractivity contribution >= 4 is 34.8 Å². The van der Waals surface area contributed by atoms with Gasteiger partial charge in [0.1, 0.15) is 5.82 Å². The van der Waals surface area contributed by atoms with E-state index >= 15 is 0 Å². The third-order valence-electron chi connectivity index (χ3n) is 7.42. The molecular weight excluding hydrogens is 519 g/mol. The van der Waals surface area contributed by atoms with Gasteiger partial charge in [0.15, 0.2) is 0 Å². The van der Waals surface area contributed by atoms with Crippen LogP contribution in [0.15, 0.2) is 59.4 Å². The molecule has 1 saturated heterocycles. The first-order valence-electron chi connectivity index (χ1n) is 13.3. The van der Waals surface area contributed by atoms with Gasteiger partial charge in [-0.05, 0) is 54.7 Å². The summed E-state index contributed by atoms with van der Waals surface area (Å²) in [4.78, 5) is 40.6. The maximum Gasteiger partial charge on any atom is 0.251 e. The van der Waals surface area contributed by atoms with E-state index in [2.05, 4.69) is 15.5 Å². The topological polar surface area (TPSA) is 83.4 Å². The number of carbonyl (C=O) groups is 2. The van der Waals surface area contributed by atoms with Gasteiger partial charge in [-0.15, -0.1) is 0 Å². The number of hydrogen-bond acceptors (Lipinski definition) is 4. The third kappa shape index (κ3) is 5.86. The molecule has 2 atom stereocenters. The lowest BCUT2D eigenvalue weighted by Gasteiger charge is -2.44. The Bertz CT molecular complexity index is 1450. The Morgan fingerprint density at radius 2 is 1.87 bits per heavy atom. The van der Waals surface area contributed by atoms with Crippen LogP contribution in [-0.2, 0) is 17.8 Å². The minimum Gasteiger partial charge on any atom is -0.369 e. The van der Waals surface area contributed by atoms with E-state index in [1.165, 1.54) is 12.1 Å². The summed E-state index contributed by atoms with van der Waals surface area (Å²) in [5, 5.41) is 6.03. The molecule has 2 aromatic carbocycles. The van der Waals surface area contributed by atoms with Gasteiger partial charge >= 0.3 is 0 Å². The van der Waals surface area contributed by atoms with Gasteiger partial charge in [0.2, 0.25) is 5.91 Å². The number of nitrogens with one attached hydrogen (secondary N) is 2. The molecule has 39 heavy (non-hydrogen) atoms. The summed E-state index contributed by atoms with van der Waals surface area (Å²) >= 11 is 6.16. The highest BCUT2D eigenvalue weighted by atomic mass is 35.5. The second-order valence-electron chi connectivity index (χ2n) is 10.9. The van der Waals surface area contributed by atoms with Crippen molar-refractivity contribution in [3.8, 4) is 0 Å². The fourth-order valence-electron chi connectivity index (χ4n) is 5.60. The van der Waals surface area contributed by atoms with Crippen LogP contribution in [0.1, 0.15) is 47.8 Å². The van der Waals surface area contributed by atoms with Crippen molar-refractivity contribution in [1.29, 1.82) is 0 Å². The zero-order valence-electron chi connectivity index (χ0n) is 22.0. The van der Waals surface area contributed by atoms with Crippen LogP contribution in [0.3, 0.4) is 0 Å². The number of pyridine rings is 1. The second-order valence-corrected chi connectivity index (χ2v) is 11.3. The number of nitrogens with zero attached hydrogens (tertiary/aromatic N) is 2. The molecule has 5 rings (SSSR count). The molecule has 2 bridgehead atoms. The monoisotopic (exact) mass is 550 g/mol. The SMILES string of the molecule is CC(C)CNC(=O)c1ccc(N2CC3CC(C2)c2cccc(=O)n2C3)c(NC(=O)Cc2c(F)cccc2Cl)c1. The van der Waals surface area contributed by atoms with Crippen molar-refractivity contribution in [2.45, 2.75) is 39.2 Å². The van der Waals surface area contributed by atoms with Gasteiger partial charge < -0.3 is 20.1 Å². The summed E-state index contributed by atoms with van der Waals surface area (Å²) in [6.07, 6.45) is 0.749. The van der Waals surface area contributed by atoms with Crippen LogP contribution in [0.5, 0.6) is 0 Å². The molecule has 2 N–H and O–H groups in total. The molecule has 0 saturated carbocycles. The molecule has 7 nitrogen and oxygen atoms in total. The molecule has 2 amide bonds. The Hall–Kier alpha value is -3.65. The van der Waals surface area contributed by atoms with Crippen molar-refractivity contribution in [2.24, 2.45) is 11.8 Å². The number of rotatable bonds is 7. The predicted octanol–water partition coefficient (Wildman–Crippen LogP) is 4.83. The summed E-state index contributed by atoms with van der Waals surface area (Å²) in [6.45, 7) is 6.58. The fraction of sp³-hybridized carbons (Fsp3) is 0.367. The van der Waals surface area contributed by atoms with Crippen LogP contribution < -0.4 is 21.1 Å². The summed E-state index contributed by atoms with van der Waals surface area (Å²) in [5.74, 6) is -0.477. The molecule has 2 aliphatic rings. The number of carbonyl (C=O) groups excluding carboxylic acids is 2. The molecule has 3 aromatic rings. The van der Waals surface area contributed by atoms with E-state index in [9.17, 15) is 18.8 Å². The average Bonchev–Trinajstić information content (AvgIpc) is 2.90. The Labute approximate surface area is 232 Å². The smallest absolute Gasteiger partial charge is 0.251 e. The van der Waals surface area contributed by atoms with E-state index in [1.807, 2.05) is 30.5 Å². The molecule has 2 unspecified atom stereocenters. The summed E-state index contributed by atoms with van der Waals surface area (Å²) < 4.78 is 16.2. The van der Waals surface area contributed by atoms with Crippen LogP contribution in [-0.4, -0.2) is 36.0 Å². The van der Waals surface area contributed by atoms with E-state index in [1.54, 1.807) is 30.3 Å². The Morgan fingerprint density at radius 1 is 1.08 bits per heavy atom. The highest BCUT2D eigenvalue weighted by Gasteiger charge is 2.35. The van der Waals surface area contributed by atoms with Crippen molar-refractivity contribution in [1.82, 2.24) is 9.88 Å².